The number of nitrogens with one attached hydrogen (secondary N) is 1. The number of para-hydroxylation sites is 1. The van der Waals surface area contributed by atoms with Crippen LogP contribution < -0.4 is 5.32 Å². The van der Waals surface area contributed by atoms with Crippen LogP contribution in [0.1, 0.15) is 21.9 Å². The Morgan fingerprint density at radius 2 is 2.17 bits per heavy atom. The average Bonchev–Trinajstić information content (AvgIpc) is 3.22. The van der Waals surface area contributed by atoms with E-state index in [0.29, 0.717) is 11.3 Å². The molecular weight excluding hydrogens is 322 g/mol. The van der Waals surface area contributed by atoms with Crippen LogP contribution in [0.15, 0.2) is 46.1 Å². The van der Waals surface area contributed by atoms with E-state index in [9.17, 15) is 4.79 Å². The van der Waals surface area contributed by atoms with E-state index in [1.807, 2.05) is 37.4 Å². The number of carbonyl (C=O) groups excluding carboxylic acids is 1. The maximum Gasteiger partial charge on any atom is 0.259 e. The number of fused-ring (bicyclic) bond motifs is 1. The first-order chi connectivity index (χ1) is 11.6. The van der Waals surface area contributed by atoms with Gasteiger partial charge in [0.25, 0.3) is 5.91 Å². The molecule has 0 spiro atoms. The van der Waals surface area contributed by atoms with E-state index < -0.39 is 0 Å². The van der Waals surface area contributed by atoms with Crippen LogP contribution >= 0.6 is 11.8 Å². The Kier molecular flexibility index (Phi) is 3.69. The summed E-state index contributed by atoms with van der Waals surface area (Å²) in [6.45, 7) is 4.61. The third kappa shape index (κ3) is 2.63. The van der Waals surface area contributed by atoms with Crippen LogP contribution in [0.4, 0.5) is 5.69 Å². The molecule has 1 N–H and O–H groups in total. The molecule has 1 aliphatic rings. The van der Waals surface area contributed by atoms with Gasteiger partial charge in [0, 0.05) is 24.1 Å². The van der Waals surface area contributed by atoms with Gasteiger partial charge in [-0.3, -0.25) is 4.79 Å². The molecule has 0 unspecified atom stereocenters. The van der Waals surface area contributed by atoms with Crippen molar-refractivity contribution in [3.05, 3.63) is 53.6 Å². The number of aromatic nitrogens is 2. The van der Waals surface area contributed by atoms with Crippen LogP contribution in [0, 0.1) is 13.8 Å². The monoisotopic (exact) mass is 339 g/mol. The number of rotatable bonds is 3. The topological polar surface area (TPSA) is 60.1 Å². The van der Waals surface area contributed by atoms with E-state index in [4.69, 9.17) is 4.42 Å². The molecule has 5 nitrogen and oxygen atoms in total. The van der Waals surface area contributed by atoms with E-state index in [-0.39, 0.29) is 5.91 Å². The summed E-state index contributed by atoms with van der Waals surface area (Å²) in [5.41, 5.74) is 3.12. The first kappa shape index (κ1) is 15.1. The molecule has 2 aromatic heterocycles. The summed E-state index contributed by atoms with van der Waals surface area (Å²) in [5, 5.41) is 4.02. The summed E-state index contributed by atoms with van der Waals surface area (Å²) >= 11 is 1.76. The lowest BCUT2D eigenvalue weighted by Gasteiger charge is -2.09. The van der Waals surface area contributed by atoms with Gasteiger partial charge in [0.2, 0.25) is 0 Å². The molecule has 122 valence electrons. The fourth-order valence-corrected chi connectivity index (χ4v) is 3.84. The molecule has 0 saturated heterocycles. The summed E-state index contributed by atoms with van der Waals surface area (Å²) in [6.07, 6.45) is 2.05. The highest BCUT2D eigenvalue weighted by atomic mass is 32.2. The van der Waals surface area contributed by atoms with Crippen molar-refractivity contribution in [3.8, 4) is 11.3 Å². The molecule has 1 aliphatic heterocycles. The SMILES string of the molecule is Cc1cc(C(=O)Nc2ccccc2-c2cn3c(n2)SCC3)c(C)o1. The van der Waals surface area contributed by atoms with Crippen LogP contribution in [0.3, 0.4) is 0 Å². The van der Waals surface area contributed by atoms with Gasteiger partial charge in [-0.2, -0.15) is 0 Å². The normalized spacial score (nSPS) is 13.1. The number of nitrogens with zero attached hydrogens (tertiary/aromatic N) is 2. The predicted molar refractivity (Wildman–Crippen MR) is 94.5 cm³/mol. The Morgan fingerprint density at radius 1 is 1.33 bits per heavy atom. The number of hydrogen-bond donors (Lipinski definition) is 1. The fraction of sp³-hybridized carbons (Fsp3) is 0.222. The van der Waals surface area contributed by atoms with E-state index in [2.05, 4.69) is 14.9 Å². The zero-order chi connectivity index (χ0) is 16.7. The maximum absolute atomic E-state index is 12.6. The number of anilines is 1. The molecule has 1 amide bonds. The Bertz CT molecular complexity index is 905. The van der Waals surface area contributed by atoms with E-state index in [1.54, 1.807) is 24.8 Å². The number of thioether (sulfide) groups is 1. The lowest BCUT2D eigenvalue weighted by atomic mass is 10.1. The lowest BCUT2D eigenvalue weighted by Crippen LogP contribution is -2.12. The van der Waals surface area contributed by atoms with Crippen molar-refractivity contribution < 1.29 is 9.21 Å². The van der Waals surface area contributed by atoms with Crippen molar-refractivity contribution >= 4 is 23.4 Å². The highest BCUT2D eigenvalue weighted by Crippen LogP contribution is 2.32. The third-order valence-electron chi connectivity index (χ3n) is 4.04. The summed E-state index contributed by atoms with van der Waals surface area (Å²) in [4.78, 5) is 17.2. The second-order valence-corrected chi connectivity index (χ2v) is 6.84. The lowest BCUT2D eigenvalue weighted by molar-refractivity contribution is 0.102. The highest BCUT2D eigenvalue weighted by Gasteiger charge is 2.19. The summed E-state index contributed by atoms with van der Waals surface area (Å²) < 4.78 is 7.61. The van der Waals surface area contributed by atoms with Gasteiger partial charge in [0.15, 0.2) is 5.16 Å². The number of benzene rings is 1. The van der Waals surface area contributed by atoms with Gasteiger partial charge < -0.3 is 14.3 Å². The number of amides is 1. The van der Waals surface area contributed by atoms with Gasteiger partial charge in [-0.05, 0) is 26.0 Å². The minimum atomic E-state index is -0.169. The van der Waals surface area contributed by atoms with Crippen LogP contribution in [0.25, 0.3) is 11.3 Å². The minimum absolute atomic E-state index is 0.169. The van der Waals surface area contributed by atoms with Gasteiger partial charge in [0.05, 0.1) is 16.9 Å². The van der Waals surface area contributed by atoms with E-state index >= 15 is 0 Å². The Morgan fingerprint density at radius 3 is 2.92 bits per heavy atom. The van der Waals surface area contributed by atoms with Crippen molar-refractivity contribution in [2.75, 3.05) is 11.1 Å². The van der Waals surface area contributed by atoms with Crippen molar-refractivity contribution in [2.45, 2.75) is 25.5 Å². The number of imidazole rings is 1. The Labute approximate surface area is 144 Å². The first-order valence-electron chi connectivity index (χ1n) is 7.79. The van der Waals surface area contributed by atoms with Gasteiger partial charge in [-0.1, -0.05) is 30.0 Å². The van der Waals surface area contributed by atoms with E-state index in [0.717, 1.165) is 40.2 Å². The molecule has 0 bridgehead atoms. The Balaban J connectivity index is 1.66. The average molecular weight is 339 g/mol. The van der Waals surface area contributed by atoms with Crippen LogP contribution in [0.2, 0.25) is 0 Å². The van der Waals surface area contributed by atoms with Crippen molar-refractivity contribution in [1.29, 1.82) is 0 Å². The smallest absolute Gasteiger partial charge is 0.259 e. The Hall–Kier alpha value is -2.47. The van der Waals surface area contributed by atoms with Crippen molar-refractivity contribution in [3.63, 3.8) is 0 Å². The van der Waals surface area contributed by atoms with Crippen molar-refractivity contribution in [2.24, 2.45) is 0 Å². The molecule has 0 radical (unpaired) electrons. The van der Waals surface area contributed by atoms with Gasteiger partial charge >= 0.3 is 0 Å². The minimum Gasteiger partial charge on any atom is -0.466 e. The molecule has 0 fully saturated rings. The van der Waals surface area contributed by atoms with Crippen molar-refractivity contribution in [1.82, 2.24) is 9.55 Å². The summed E-state index contributed by atoms with van der Waals surface area (Å²) in [6, 6.07) is 9.49. The van der Waals surface area contributed by atoms with E-state index in [1.165, 1.54) is 0 Å². The van der Waals surface area contributed by atoms with Crippen LogP contribution in [-0.2, 0) is 6.54 Å². The largest absolute Gasteiger partial charge is 0.466 e. The van der Waals surface area contributed by atoms with Gasteiger partial charge in [-0.25, -0.2) is 4.98 Å². The molecule has 4 rings (SSSR count). The number of furan rings is 1. The summed E-state index contributed by atoms with van der Waals surface area (Å²) in [7, 11) is 0. The zero-order valence-corrected chi connectivity index (χ0v) is 14.3. The van der Waals surface area contributed by atoms with Gasteiger partial charge in [0.1, 0.15) is 11.5 Å². The maximum atomic E-state index is 12.6. The standard InChI is InChI=1S/C18H17N3O2S/c1-11-9-14(12(2)23-11)17(22)19-15-6-4-3-5-13(15)16-10-21-7-8-24-18(21)20-16/h3-6,9-10H,7-8H2,1-2H3,(H,19,22). The molecule has 1 aromatic carbocycles. The number of hydrogen-bond acceptors (Lipinski definition) is 4. The molecule has 3 heterocycles. The van der Waals surface area contributed by atoms with Gasteiger partial charge in [-0.15, -0.1) is 0 Å². The number of aryl methyl sites for hydroxylation is 3. The number of carbonyl (C=O) groups is 1. The van der Waals surface area contributed by atoms with Crippen LogP contribution in [0.5, 0.6) is 0 Å². The molecule has 0 saturated carbocycles. The molecule has 3 aromatic rings. The quantitative estimate of drug-likeness (QED) is 0.780. The molecule has 6 heteroatoms. The predicted octanol–water partition coefficient (Wildman–Crippen LogP) is 4.12. The highest BCUT2D eigenvalue weighted by molar-refractivity contribution is 7.99. The fourth-order valence-electron chi connectivity index (χ4n) is 2.90. The third-order valence-corrected chi connectivity index (χ3v) is 5.01. The molecule has 24 heavy (non-hydrogen) atoms. The second-order valence-electron chi connectivity index (χ2n) is 5.78. The molecular formula is C18H17N3O2S. The molecule has 0 aliphatic carbocycles. The van der Waals surface area contributed by atoms with Crippen LogP contribution in [-0.4, -0.2) is 21.2 Å². The zero-order valence-electron chi connectivity index (χ0n) is 13.5. The second kappa shape index (κ2) is 5.87. The summed E-state index contributed by atoms with van der Waals surface area (Å²) in [5.74, 6) is 2.26. The molecule has 0 atom stereocenters. The first-order valence-corrected chi connectivity index (χ1v) is 8.78.